The molecule has 1 aliphatic heterocycles. The van der Waals surface area contributed by atoms with Crippen molar-refractivity contribution in [2.75, 3.05) is 33.4 Å². The summed E-state index contributed by atoms with van der Waals surface area (Å²) < 4.78 is 4.63. The number of aliphatic hydroxyl groups is 1. The SMILES string of the molecule is COC(=O)N1CCC(NCCCO)C1. The summed E-state index contributed by atoms with van der Waals surface area (Å²) in [6, 6.07) is 0.348. The molecule has 1 saturated heterocycles. The molecule has 0 bridgehead atoms. The highest BCUT2D eigenvalue weighted by Crippen LogP contribution is 2.09. The minimum absolute atomic E-state index is 0.209. The Morgan fingerprint density at radius 3 is 3.14 bits per heavy atom. The second kappa shape index (κ2) is 5.82. The van der Waals surface area contributed by atoms with E-state index in [0.717, 1.165) is 25.9 Å². The molecule has 1 aliphatic rings. The summed E-state index contributed by atoms with van der Waals surface area (Å²) in [5.41, 5.74) is 0. The van der Waals surface area contributed by atoms with Gasteiger partial charge in [-0.25, -0.2) is 4.79 Å². The molecule has 0 aromatic carbocycles. The Labute approximate surface area is 84.0 Å². The van der Waals surface area contributed by atoms with Gasteiger partial charge in [-0.15, -0.1) is 0 Å². The normalized spacial score (nSPS) is 21.3. The Bertz CT molecular complexity index is 187. The average Bonchev–Trinajstić information content (AvgIpc) is 2.66. The van der Waals surface area contributed by atoms with Crippen LogP contribution < -0.4 is 5.32 Å². The van der Waals surface area contributed by atoms with E-state index in [0.29, 0.717) is 12.6 Å². The zero-order chi connectivity index (χ0) is 10.4. The lowest BCUT2D eigenvalue weighted by atomic mass is 10.2. The summed E-state index contributed by atoms with van der Waals surface area (Å²) >= 11 is 0. The van der Waals surface area contributed by atoms with Crippen LogP contribution in [-0.2, 0) is 4.74 Å². The molecule has 1 heterocycles. The van der Waals surface area contributed by atoms with Gasteiger partial charge in [0.15, 0.2) is 0 Å². The van der Waals surface area contributed by atoms with Crippen molar-refractivity contribution < 1.29 is 14.6 Å². The van der Waals surface area contributed by atoms with Crippen LogP contribution in [0.2, 0.25) is 0 Å². The first-order valence-corrected chi connectivity index (χ1v) is 4.95. The predicted molar refractivity (Wildman–Crippen MR) is 52.1 cm³/mol. The van der Waals surface area contributed by atoms with E-state index in [1.165, 1.54) is 7.11 Å². The van der Waals surface area contributed by atoms with Gasteiger partial charge in [0, 0.05) is 25.7 Å². The summed E-state index contributed by atoms with van der Waals surface area (Å²) in [6.07, 6.45) is 1.46. The Balaban J connectivity index is 2.17. The number of hydrogen-bond donors (Lipinski definition) is 2. The number of carbonyl (C=O) groups is 1. The van der Waals surface area contributed by atoms with Crippen LogP contribution in [0.4, 0.5) is 4.79 Å². The van der Waals surface area contributed by atoms with Crippen LogP contribution in [-0.4, -0.2) is 55.5 Å². The molecule has 82 valence electrons. The van der Waals surface area contributed by atoms with E-state index in [4.69, 9.17) is 5.11 Å². The first-order valence-electron chi connectivity index (χ1n) is 4.95. The summed E-state index contributed by atoms with van der Waals surface area (Å²) in [4.78, 5) is 12.8. The van der Waals surface area contributed by atoms with E-state index < -0.39 is 0 Å². The smallest absolute Gasteiger partial charge is 0.409 e. The van der Waals surface area contributed by atoms with Gasteiger partial charge in [0.1, 0.15) is 0 Å². The fraction of sp³-hybridized carbons (Fsp3) is 0.889. The third-order valence-corrected chi connectivity index (χ3v) is 2.39. The standard InChI is InChI=1S/C9H18N2O3/c1-14-9(13)11-5-3-8(7-11)10-4-2-6-12/h8,10,12H,2-7H2,1H3. The van der Waals surface area contributed by atoms with Crippen molar-refractivity contribution >= 4 is 6.09 Å². The van der Waals surface area contributed by atoms with Crippen molar-refractivity contribution in [2.24, 2.45) is 0 Å². The van der Waals surface area contributed by atoms with Gasteiger partial charge in [-0.2, -0.15) is 0 Å². The Kier molecular flexibility index (Phi) is 4.69. The Hall–Kier alpha value is -0.810. The molecule has 0 spiro atoms. The number of carbonyl (C=O) groups excluding carboxylic acids is 1. The minimum Gasteiger partial charge on any atom is -0.453 e. The molecule has 0 saturated carbocycles. The number of likely N-dealkylation sites (tertiary alicyclic amines) is 1. The second-order valence-electron chi connectivity index (χ2n) is 3.43. The monoisotopic (exact) mass is 202 g/mol. The molecule has 1 rings (SSSR count). The zero-order valence-electron chi connectivity index (χ0n) is 8.53. The van der Waals surface area contributed by atoms with Crippen molar-refractivity contribution in [2.45, 2.75) is 18.9 Å². The molecule has 1 amide bonds. The van der Waals surface area contributed by atoms with Gasteiger partial charge in [-0.3, -0.25) is 0 Å². The van der Waals surface area contributed by atoms with Gasteiger partial charge in [0.25, 0.3) is 0 Å². The molecule has 0 aliphatic carbocycles. The summed E-state index contributed by atoms with van der Waals surface area (Å²) in [6.45, 7) is 2.47. The predicted octanol–water partition coefficient (Wildman–Crippen LogP) is -0.201. The maximum absolute atomic E-state index is 11.1. The number of methoxy groups -OCH3 is 1. The summed E-state index contributed by atoms with van der Waals surface area (Å²) in [5, 5.41) is 11.9. The molecule has 1 unspecified atom stereocenters. The Morgan fingerprint density at radius 2 is 2.50 bits per heavy atom. The quantitative estimate of drug-likeness (QED) is 0.620. The lowest BCUT2D eigenvalue weighted by Crippen LogP contribution is -2.35. The third-order valence-electron chi connectivity index (χ3n) is 2.39. The number of nitrogens with zero attached hydrogens (tertiary/aromatic N) is 1. The summed E-state index contributed by atoms with van der Waals surface area (Å²) in [5.74, 6) is 0. The van der Waals surface area contributed by atoms with Crippen molar-refractivity contribution in [1.82, 2.24) is 10.2 Å². The molecule has 5 heteroatoms. The highest BCUT2D eigenvalue weighted by atomic mass is 16.5. The topological polar surface area (TPSA) is 61.8 Å². The van der Waals surface area contributed by atoms with Crippen LogP contribution >= 0.6 is 0 Å². The Morgan fingerprint density at radius 1 is 1.71 bits per heavy atom. The molecule has 14 heavy (non-hydrogen) atoms. The van der Waals surface area contributed by atoms with E-state index in [2.05, 4.69) is 10.1 Å². The number of nitrogens with one attached hydrogen (secondary N) is 1. The number of rotatable bonds is 4. The molecular weight excluding hydrogens is 184 g/mol. The lowest BCUT2D eigenvalue weighted by Gasteiger charge is -2.15. The number of aliphatic hydroxyl groups excluding tert-OH is 1. The van der Waals surface area contributed by atoms with Crippen LogP contribution in [0.1, 0.15) is 12.8 Å². The molecular formula is C9H18N2O3. The minimum atomic E-state index is -0.253. The van der Waals surface area contributed by atoms with Crippen LogP contribution in [0.5, 0.6) is 0 Å². The molecule has 1 atom stereocenters. The van der Waals surface area contributed by atoms with E-state index >= 15 is 0 Å². The number of amides is 1. The van der Waals surface area contributed by atoms with Crippen LogP contribution in [0, 0.1) is 0 Å². The molecule has 0 aromatic heterocycles. The second-order valence-corrected chi connectivity index (χ2v) is 3.43. The van der Waals surface area contributed by atoms with Gasteiger partial charge in [-0.1, -0.05) is 0 Å². The fourth-order valence-electron chi connectivity index (χ4n) is 1.61. The van der Waals surface area contributed by atoms with Crippen molar-refractivity contribution in [3.8, 4) is 0 Å². The van der Waals surface area contributed by atoms with E-state index in [1.807, 2.05) is 0 Å². The van der Waals surface area contributed by atoms with Crippen LogP contribution in [0.3, 0.4) is 0 Å². The number of hydrogen-bond acceptors (Lipinski definition) is 4. The van der Waals surface area contributed by atoms with Gasteiger partial charge in [0.2, 0.25) is 0 Å². The highest BCUT2D eigenvalue weighted by Gasteiger charge is 2.25. The van der Waals surface area contributed by atoms with E-state index in [9.17, 15) is 4.79 Å². The average molecular weight is 202 g/mol. The summed E-state index contributed by atoms with van der Waals surface area (Å²) in [7, 11) is 1.40. The first kappa shape index (κ1) is 11.3. The van der Waals surface area contributed by atoms with Crippen LogP contribution in [0.15, 0.2) is 0 Å². The molecule has 5 nitrogen and oxygen atoms in total. The number of ether oxygens (including phenoxy) is 1. The largest absolute Gasteiger partial charge is 0.453 e. The molecule has 0 radical (unpaired) electrons. The first-order chi connectivity index (χ1) is 6.77. The maximum Gasteiger partial charge on any atom is 0.409 e. The molecule has 1 fully saturated rings. The van der Waals surface area contributed by atoms with Gasteiger partial charge in [0.05, 0.1) is 7.11 Å². The maximum atomic E-state index is 11.1. The van der Waals surface area contributed by atoms with Crippen LogP contribution in [0.25, 0.3) is 0 Å². The molecule has 2 N–H and O–H groups in total. The van der Waals surface area contributed by atoms with Crippen molar-refractivity contribution in [3.05, 3.63) is 0 Å². The van der Waals surface area contributed by atoms with Crippen molar-refractivity contribution in [3.63, 3.8) is 0 Å². The fourth-order valence-corrected chi connectivity index (χ4v) is 1.61. The third kappa shape index (κ3) is 3.16. The van der Waals surface area contributed by atoms with E-state index in [1.54, 1.807) is 4.90 Å². The van der Waals surface area contributed by atoms with Crippen molar-refractivity contribution in [1.29, 1.82) is 0 Å². The highest BCUT2D eigenvalue weighted by molar-refractivity contribution is 5.67. The molecule has 0 aromatic rings. The van der Waals surface area contributed by atoms with Gasteiger partial charge in [-0.05, 0) is 19.4 Å². The van der Waals surface area contributed by atoms with Gasteiger partial charge >= 0.3 is 6.09 Å². The van der Waals surface area contributed by atoms with Gasteiger partial charge < -0.3 is 20.1 Å². The lowest BCUT2D eigenvalue weighted by molar-refractivity contribution is 0.132. The van der Waals surface area contributed by atoms with E-state index in [-0.39, 0.29) is 12.7 Å². The zero-order valence-corrected chi connectivity index (χ0v) is 8.53.